The van der Waals surface area contributed by atoms with Crippen molar-refractivity contribution in [3.63, 3.8) is 0 Å². The molecule has 0 radical (unpaired) electrons. The van der Waals surface area contributed by atoms with Gasteiger partial charge in [0.05, 0.1) is 16.8 Å². The monoisotopic (exact) mass is 300 g/mol. The van der Waals surface area contributed by atoms with Gasteiger partial charge < -0.3 is 10.6 Å². The van der Waals surface area contributed by atoms with Gasteiger partial charge in [-0.3, -0.25) is 9.59 Å². The summed E-state index contributed by atoms with van der Waals surface area (Å²) in [5, 5.41) is 5.62. The highest BCUT2D eigenvalue weighted by Gasteiger charge is 2.28. The molecule has 5 heteroatoms. The van der Waals surface area contributed by atoms with Gasteiger partial charge in [0.15, 0.2) is 0 Å². The maximum absolute atomic E-state index is 11.9. The van der Waals surface area contributed by atoms with Crippen LogP contribution >= 0.6 is 11.6 Å². The molecule has 1 unspecified atom stereocenters. The SMILES string of the molecule is O=C(Nc1ccccc1Cl)C(=O)NC1Cc2ccccc21. The number of halogens is 1. The van der Waals surface area contributed by atoms with Crippen molar-refractivity contribution in [2.45, 2.75) is 12.5 Å². The van der Waals surface area contributed by atoms with Crippen LogP contribution in [0.5, 0.6) is 0 Å². The van der Waals surface area contributed by atoms with Crippen LogP contribution < -0.4 is 10.6 Å². The largest absolute Gasteiger partial charge is 0.341 e. The summed E-state index contributed by atoms with van der Waals surface area (Å²) in [6.07, 6.45) is 0.751. The van der Waals surface area contributed by atoms with Gasteiger partial charge in [-0.1, -0.05) is 48.0 Å². The van der Waals surface area contributed by atoms with E-state index in [9.17, 15) is 9.59 Å². The number of rotatable bonds is 2. The molecule has 2 amide bonds. The van der Waals surface area contributed by atoms with E-state index in [1.807, 2.05) is 24.3 Å². The molecule has 3 rings (SSSR count). The van der Waals surface area contributed by atoms with Gasteiger partial charge in [0, 0.05) is 0 Å². The number of hydrogen-bond acceptors (Lipinski definition) is 2. The van der Waals surface area contributed by atoms with Crippen molar-refractivity contribution in [1.29, 1.82) is 0 Å². The Hall–Kier alpha value is -2.33. The minimum Gasteiger partial charge on any atom is -0.341 e. The second kappa shape index (κ2) is 5.58. The predicted octanol–water partition coefficient (Wildman–Crippen LogP) is 2.69. The van der Waals surface area contributed by atoms with E-state index >= 15 is 0 Å². The second-order valence-electron chi connectivity index (χ2n) is 4.86. The minimum atomic E-state index is -0.715. The number of para-hydroxylation sites is 1. The molecular weight excluding hydrogens is 288 g/mol. The van der Waals surface area contributed by atoms with E-state index in [1.165, 1.54) is 5.56 Å². The van der Waals surface area contributed by atoms with Crippen LogP contribution in [0.2, 0.25) is 5.02 Å². The molecule has 21 heavy (non-hydrogen) atoms. The molecule has 2 aromatic carbocycles. The molecule has 106 valence electrons. The van der Waals surface area contributed by atoms with Gasteiger partial charge >= 0.3 is 11.8 Å². The van der Waals surface area contributed by atoms with Crippen LogP contribution in [0.15, 0.2) is 48.5 Å². The Balaban J connectivity index is 1.62. The first-order valence-corrected chi connectivity index (χ1v) is 6.97. The third kappa shape index (κ3) is 2.76. The average Bonchev–Trinajstić information content (AvgIpc) is 2.47. The highest BCUT2D eigenvalue weighted by atomic mass is 35.5. The Morgan fingerprint density at radius 1 is 1.00 bits per heavy atom. The molecule has 1 aliphatic carbocycles. The third-order valence-electron chi connectivity index (χ3n) is 3.49. The lowest BCUT2D eigenvalue weighted by Crippen LogP contribution is -2.41. The summed E-state index contributed by atoms with van der Waals surface area (Å²) in [6.45, 7) is 0. The van der Waals surface area contributed by atoms with E-state index in [-0.39, 0.29) is 6.04 Å². The number of benzene rings is 2. The zero-order chi connectivity index (χ0) is 14.8. The quantitative estimate of drug-likeness (QED) is 0.838. The molecule has 0 aromatic heterocycles. The number of amides is 2. The van der Waals surface area contributed by atoms with Crippen molar-refractivity contribution >= 4 is 29.1 Å². The van der Waals surface area contributed by atoms with Gasteiger partial charge in [-0.15, -0.1) is 0 Å². The minimum absolute atomic E-state index is 0.0919. The van der Waals surface area contributed by atoms with Crippen LogP contribution in [0.25, 0.3) is 0 Å². The maximum atomic E-state index is 11.9. The summed E-state index contributed by atoms with van der Waals surface area (Å²) in [6, 6.07) is 14.5. The molecule has 2 aromatic rings. The number of hydrogen-bond donors (Lipinski definition) is 2. The first-order chi connectivity index (χ1) is 10.1. The summed E-state index contributed by atoms with van der Waals surface area (Å²) in [5.41, 5.74) is 2.69. The van der Waals surface area contributed by atoms with Crippen LogP contribution in [0.3, 0.4) is 0 Å². The van der Waals surface area contributed by atoms with E-state index in [1.54, 1.807) is 24.3 Å². The molecule has 0 bridgehead atoms. The molecule has 0 saturated carbocycles. The van der Waals surface area contributed by atoms with Crippen LogP contribution in [-0.4, -0.2) is 11.8 Å². The van der Waals surface area contributed by atoms with Crippen molar-refractivity contribution in [1.82, 2.24) is 5.32 Å². The molecule has 0 aliphatic heterocycles. The Morgan fingerprint density at radius 3 is 2.48 bits per heavy atom. The Kier molecular flexibility index (Phi) is 3.62. The Labute approximate surface area is 127 Å². The summed E-state index contributed by atoms with van der Waals surface area (Å²) in [7, 11) is 0. The van der Waals surface area contributed by atoms with E-state index in [4.69, 9.17) is 11.6 Å². The predicted molar refractivity (Wildman–Crippen MR) is 81.1 cm³/mol. The number of fused-ring (bicyclic) bond motifs is 1. The number of carbonyl (C=O) groups is 2. The molecule has 1 atom stereocenters. The normalized spacial score (nSPS) is 15.6. The van der Waals surface area contributed by atoms with E-state index in [0.717, 1.165) is 12.0 Å². The van der Waals surface area contributed by atoms with Crippen molar-refractivity contribution < 1.29 is 9.59 Å². The number of nitrogens with one attached hydrogen (secondary N) is 2. The Morgan fingerprint density at radius 2 is 1.71 bits per heavy atom. The fraction of sp³-hybridized carbons (Fsp3) is 0.125. The summed E-state index contributed by atoms with van der Waals surface area (Å²) >= 11 is 5.94. The second-order valence-corrected chi connectivity index (χ2v) is 5.27. The van der Waals surface area contributed by atoms with Gasteiger partial charge in [-0.2, -0.15) is 0 Å². The highest BCUT2D eigenvalue weighted by Crippen LogP contribution is 2.32. The van der Waals surface area contributed by atoms with Crippen LogP contribution in [0, 0.1) is 0 Å². The number of anilines is 1. The molecule has 0 heterocycles. The van der Waals surface area contributed by atoms with Gasteiger partial charge in [-0.25, -0.2) is 0 Å². The van der Waals surface area contributed by atoms with E-state index < -0.39 is 11.8 Å². The standard InChI is InChI=1S/C16H13ClN2O2/c17-12-7-3-4-8-13(12)18-15(20)16(21)19-14-9-10-5-1-2-6-11(10)14/h1-8,14H,9H2,(H,18,20)(H,19,21). The first kappa shape index (κ1) is 13.6. The molecule has 0 spiro atoms. The zero-order valence-corrected chi connectivity index (χ0v) is 11.9. The lowest BCUT2D eigenvalue weighted by atomic mass is 9.83. The van der Waals surface area contributed by atoms with Gasteiger partial charge in [-0.05, 0) is 29.7 Å². The third-order valence-corrected chi connectivity index (χ3v) is 3.82. The fourth-order valence-electron chi connectivity index (χ4n) is 2.35. The first-order valence-electron chi connectivity index (χ1n) is 6.59. The van der Waals surface area contributed by atoms with Crippen molar-refractivity contribution in [2.75, 3.05) is 5.32 Å². The number of carbonyl (C=O) groups excluding carboxylic acids is 2. The van der Waals surface area contributed by atoms with Gasteiger partial charge in [0.2, 0.25) is 0 Å². The summed E-state index contributed by atoms with van der Waals surface area (Å²) in [5.74, 6) is -1.37. The topological polar surface area (TPSA) is 58.2 Å². The molecular formula is C16H13ClN2O2. The van der Waals surface area contributed by atoms with Crippen LogP contribution in [0.1, 0.15) is 17.2 Å². The highest BCUT2D eigenvalue weighted by molar-refractivity contribution is 6.41. The average molecular weight is 301 g/mol. The zero-order valence-electron chi connectivity index (χ0n) is 11.1. The molecule has 4 nitrogen and oxygen atoms in total. The van der Waals surface area contributed by atoms with Crippen LogP contribution in [0.4, 0.5) is 5.69 Å². The van der Waals surface area contributed by atoms with Gasteiger partial charge in [0.25, 0.3) is 0 Å². The van der Waals surface area contributed by atoms with Gasteiger partial charge in [0.1, 0.15) is 0 Å². The molecule has 1 aliphatic rings. The molecule has 0 fully saturated rings. The Bertz CT molecular complexity index is 715. The summed E-state index contributed by atoms with van der Waals surface area (Å²) < 4.78 is 0. The molecule has 0 saturated heterocycles. The maximum Gasteiger partial charge on any atom is 0.313 e. The van der Waals surface area contributed by atoms with E-state index in [0.29, 0.717) is 10.7 Å². The summed E-state index contributed by atoms with van der Waals surface area (Å²) in [4.78, 5) is 23.8. The van der Waals surface area contributed by atoms with Crippen molar-refractivity contribution in [2.24, 2.45) is 0 Å². The molecule has 2 N–H and O–H groups in total. The van der Waals surface area contributed by atoms with Crippen molar-refractivity contribution in [3.05, 3.63) is 64.7 Å². The van der Waals surface area contributed by atoms with E-state index in [2.05, 4.69) is 10.6 Å². The fourth-order valence-corrected chi connectivity index (χ4v) is 2.54. The van der Waals surface area contributed by atoms with Crippen LogP contribution in [-0.2, 0) is 16.0 Å². The van der Waals surface area contributed by atoms with Crippen molar-refractivity contribution in [3.8, 4) is 0 Å². The smallest absolute Gasteiger partial charge is 0.313 e. The lowest BCUT2D eigenvalue weighted by molar-refractivity contribution is -0.136. The lowest BCUT2D eigenvalue weighted by Gasteiger charge is -2.30.